The van der Waals surface area contributed by atoms with E-state index in [1.807, 2.05) is 42.2 Å². The zero-order chi connectivity index (χ0) is 15.9. The van der Waals surface area contributed by atoms with Gasteiger partial charge in [0.05, 0.1) is 0 Å². The van der Waals surface area contributed by atoms with Crippen LogP contribution in [0.4, 0.5) is 0 Å². The van der Waals surface area contributed by atoms with Gasteiger partial charge in [-0.1, -0.05) is 61.5 Å². The molecule has 0 aromatic heterocycles. The molecule has 2 aromatic carbocycles. The van der Waals surface area contributed by atoms with Gasteiger partial charge in [-0.05, 0) is 36.5 Å². The smallest absolute Gasteiger partial charge is 0.223 e. The van der Waals surface area contributed by atoms with Crippen molar-refractivity contribution in [1.82, 2.24) is 4.90 Å². The second kappa shape index (κ2) is 7.79. The van der Waals surface area contributed by atoms with E-state index < -0.39 is 0 Å². The molecule has 0 saturated carbocycles. The van der Waals surface area contributed by atoms with Crippen molar-refractivity contribution in [3.05, 3.63) is 71.3 Å². The van der Waals surface area contributed by atoms with Gasteiger partial charge in [-0.3, -0.25) is 4.79 Å². The van der Waals surface area contributed by atoms with Crippen molar-refractivity contribution in [2.45, 2.75) is 39.7 Å². The molecule has 2 rings (SSSR count). The predicted molar refractivity (Wildman–Crippen MR) is 91.7 cm³/mol. The van der Waals surface area contributed by atoms with E-state index in [1.54, 1.807) is 0 Å². The van der Waals surface area contributed by atoms with Crippen molar-refractivity contribution in [1.29, 1.82) is 0 Å². The lowest BCUT2D eigenvalue weighted by Crippen LogP contribution is -2.31. The van der Waals surface area contributed by atoms with E-state index in [1.165, 1.54) is 16.7 Å². The van der Waals surface area contributed by atoms with Crippen molar-refractivity contribution in [3.8, 4) is 0 Å². The van der Waals surface area contributed by atoms with Crippen molar-refractivity contribution in [3.63, 3.8) is 0 Å². The predicted octanol–water partition coefficient (Wildman–Crippen LogP) is 4.54. The molecule has 0 bridgehead atoms. The van der Waals surface area contributed by atoms with Crippen LogP contribution in [0.2, 0.25) is 0 Å². The minimum Gasteiger partial charge on any atom is -0.339 e. The number of rotatable bonds is 6. The molecule has 0 saturated heterocycles. The lowest BCUT2D eigenvalue weighted by molar-refractivity contribution is -0.131. The standard InChI is InChI=1S/C20H25NO/c1-4-21(15-19-13-9-8-10-16(19)2)20(22)14-17(3)18-11-6-5-7-12-18/h5-13,17H,4,14-15H2,1-3H3. The van der Waals surface area contributed by atoms with Crippen molar-refractivity contribution >= 4 is 5.91 Å². The zero-order valence-corrected chi connectivity index (χ0v) is 13.8. The van der Waals surface area contributed by atoms with Crippen LogP contribution in [-0.4, -0.2) is 17.4 Å². The highest BCUT2D eigenvalue weighted by Gasteiger charge is 2.17. The van der Waals surface area contributed by atoms with Crippen molar-refractivity contribution < 1.29 is 4.79 Å². The van der Waals surface area contributed by atoms with Crippen molar-refractivity contribution in [2.75, 3.05) is 6.54 Å². The number of carbonyl (C=O) groups excluding carboxylic acids is 1. The van der Waals surface area contributed by atoms with E-state index in [0.717, 1.165) is 6.54 Å². The average molecular weight is 295 g/mol. The second-order valence-electron chi connectivity index (χ2n) is 5.85. The Kier molecular flexibility index (Phi) is 5.76. The topological polar surface area (TPSA) is 20.3 Å². The second-order valence-corrected chi connectivity index (χ2v) is 5.85. The van der Waals surface area contributed by atoms with Crippen molar-refractivity contribution in [2.24, 2.45) is 0 Å². The first-order valence-corrected chi connectivity index (χ1v) is 7.99. The quantitative estimate of drug-likeness (QED) is 0.766. The molecule has 2 nitrogen and oxygen atoms in total. The third kappa shape index (κ3) is 4.20. The molecule has 0 heterocycles. The summed E-state index contributed by atoms with van der Waals surface area (Å²) in [6, 6.07) is 18.5. The maximum Gasteiger partial charge on any atom is 0.223 e. The van der Waals surface area contributed by atoms with Gasteiger partial charge >= 0.3 is 0 Å². The number of amides is 1. The van der Waals surface area contributed by atoms with Gasteiger partial charge < -0.3 is 4.90 Å². The lowest BCUT2D eigenvalue weighted by atomic mass is 9.97. The number of nitrogens with zero attached hydrogens (tertiary/aromatic N) is 1. The number of benzene rings is 2. The van der Waals surface area contributed by atoms with E-state index in [0.29, 0.717) is 13.0 Å². The lowest BCUT2D eigenvalue weighted by Gasteiger charge is -2.24. The molecule has 0 aliphatic heterocycles. The fourth-order valence-electron chi connectivity index (χ4n) is 2.66. The highest BCUT2D eigenvalue weighted by atomic mass is 16.2. The zero-order valence-electron chi connectivity index (χ0n) is 13.8. The van der Waals surface area contributed by atoms with Crippen LogP contribution in [0.3, 0.4) is 0 Å². The summed E-state index contributed by atoms with van der Waals surface area (Å²) in [6.45, 7) is 7.70. The van der Waals surface area contributed by atoms with Crippen LogP contribution in [0, 0.1) is 6.92 Å². The molecule has 0 fully saturated rings. The minimum atomic E-state index is 0.224. The summed E-state index contributed by atoms with van der Waals surface area (Å²) in [6.07, 6.45) is 0.559. The van der Waals surface area contributed by atoms with E-state index in [9.17, 15) is 4.79 Å². The van der Waals surface area contributed by atoms with Gasteiger partial charge in [0.15, 0.2) is 0 Å². The molecule has 0 aliphatic rings. The Labute approximate surface area is 133 Å². The molecule has 1 unspecified atom stereocenters. The Morgan fingerprint density at radius 2 is 1.68 bits per heavy atom. The Morgan fingerprint density at radius 3 is 2.32 bits per heavy atom. The fourth-order valence-corrected chi connectivity index (χ4v) is 2.66. The third-order valence-electron chi connectivity index (χ3n) is 4.21. The van der Waals surface area contributed by atoms with Crippen LogP contribution >= 0.6 is 0 Å². The molecule has 0 radical (unpaired) electrons. The summed E-state index contributed by atoms with van der Waals surface area (Å²) in [5.41, 5.74) is 3.69. The van der Waals surface area contributed by atoms with Gasteiger partial charge in [-0.15, -0.1) is 0 Å². The average Bonchev–Trinajstić information content (AvgIpc) is 2.54. The Morgan fingerprint density at radius 1 is 1.05 bits per heavy atom. The summed E-state index contributed by atoms with van der Waals surface area (Å²) in [4.78, 5) is 14.5. The van der Waals surface area contributed by atoms with Gasteiger partial charge in [-0.2, -0.15) is 0 Å². The molecule has 0 aliphatic carbocycles. The number of carbonyl (C=O) groups is 1. The first-order valence-electron chi connectivity index (χ1n) is 7.99. The van der Waals surface area contributed by atoms with Crippen LogP contribution in [0.25, 0.3) is 0 Å². The minimum absolute atomic E-state index is 0.224. The summed E-state index contributed by atoms with van der Waals surface area (Å²) in [7, 11) is 0. The maximum absolute atomic E-state index is 12.6. The fraction of sp³-hybridized carbons (Fsp3) is 0.350. The maximum atomic E-state index is 12.6. The Balaban J connectivity index is 2.02. The highest BCUT2D eigenvalue weighted by molar-refractivity contribution is 5.77. The Bertz CT molecular complexity index is 606. The van der Waals surface area contributed by atoms with Gasteiger partial charge in [0.2, 0.25) is 5.91 Å². The van der Waals surface area contributed by atoms with Crippen LogP contribution in [0.1, 0.15) is 42.9 Å². The van der Waals surface area contributed by atoms with Crippen LogP contribution in [-0.2, 0) is 11.3 Å². The van der Waals surface area contributed by atoms with E-state index >= 15 is 0 Å². The monoisotopic (exact) mass is 295 g/mol. The molecule has 22 heavy (non-hydrogen) atoms. The van der Waals surface area contributed by atoms with E-state index in [-0.39, 0.29) is 11.8 Å². The van der Waals surface area contributed by atoms with Gasteiger partial charge in [0.1, 0.15) is 0 Å². The summed E-state index contributed by atoms with van der Waals surface area (Å²) in [5.74, 6) is 0.474. The SMILES string of the molecule is CCN(Cc1ccccc1C)C(=O)CC(C)c1ccccc1. The molecular weight excluding hydrogens is 270 g/mol. The number of aryl methyl sites for hydroxylation is 1. The molecule has 2 heteroatoms. The van der Waals surface area contributed by atoms with Gasteiger partial charge in [0, 0.05) is 19.5 Å². The summed E-state index contributed by atoms with van der Waals surface area (Å²) in [5, 5.41) is 0. The van der Waals surface area contributed by atoms with Crippen LogP contribution in [0.15, 0.2) is 54.6 Å². The van der Waals surface area contributed by atoms with Crippen LogP contribution < -0.4 is 0 Å². The first kappa shape index (κ1) is 16.3. The molecule has 1 amide bonds. The van der Waals surface area contributed by atoms with Gasteiger partial charge in [-0.25, -0.2) is 0 Å². The molecule has 0 N–H and O–H groups in total. The normalized spacial score (nSPS) is 12.0. The van der Waals surface area contributed by atoms with E-state index in [4.69, 9.17) is 0 Å². The summed E-state index contributed by atoms with van der Waals surface area (Å²) >= 11 is 0. The molecule has 2 aromatic rings. The third-order valence-corrected chi connectivity index (χ3v) is 4.21. The molecule has 0 spiro atoms. The molecular formula is C20H25NO. The Hall–Kier alpha value is -2.09. The van der Waals surface area contributed by atoms with Gasteiger partial charge in [0.25, 0.3) is 0 Å². The first-order chi connectivity index (χ1) is 10.6. The number of hydrogen-bond donors (Lipinski definition) is 0. The highest BCUT2D eigenvalue weighted by Crippen LogP contribution is 2.20. The van der Waals surface area contributed by atoms with Crippen LogP contribution in [0.5, 0.6) is 0 Å². The summed E-state index contributed by atoms with van der Waals surface area (Å²) < 4.78 is 0. The molecule has 1 atom stereocenters. The number of hydrogen-bond acceptors (Lipinski definition) is 1. The molecule has 116 valence electrons. The largest absolute Gasteiger partial charge is 0.339 e. The van der Waals surface area contributed by atoms with E-state index in [2.05, 4.69) is 38.1 Å².